The summed E-state index contributed by atoms with van der Waals surface area (Å²) in [5.41, 5.74) is 0.258. The predicted molar refractivity (Wildman–Crippen MR) is 61.3 cm³/mol. The zero-order valence-electron chi connectivity index (χ0n) is 8.74. The van der Waals surface area contributed by atoms with Gasteiger partial charge in [0.25, 0.3) is 5.91 Å². The van der Waals surface area contributed by atoms with Crippen molar-refractivity contribution in [3.8, 4) is 0 Å². The van der Waals surface area contributed by atoms with Crippen LogP contribution in [0.1, 0.15) is 16.1 Å². The molecular weight excluding hydrogens is 245 g/mol. The number of halogens is 2. The lowest BCUT2D eigenvalue weighted by Gasteiger charge is -2.06. The average molecular weight is 254 g/mol. The number of carbonyl (C=O) groups excluding carboxylic acids is 1. The highest BCUT2D eigenvalue weighted by atomic mass is 35.5. The summed E-state index contributed by atoms with van der Waals surface area (Å²) < 4.78 is 18.3. The first kappa shape index (κ1) is 11.7. The first-order chi connectivity index (χ1) is 8.18. The number of amides is 1. The minimum absolute atomic E-state index is 0.0189. The smallest absolute Gasteiger partial charge is 0.287 e. The molecule has 0 fully saturated rings. The van der Waals surface area contributed by atoms with Gasteiger partial charge in [-0.3, -0.25) is 4.79 Å². The zero-order valence-corrected chi connectivity index (χ0v) is 9.50. The molecule has 2 rings (SSSR count). The van der Waals surface area contributed by atoms with Crippen LogP contribution in [0.15, 0.2) is 41.0 Å². The molecule has 0 aliphatic heterocycles. The third kappa shape index (κ3) is 2.65. The molecule has 1 aromatic heterocycles. The molecule has 1 amide bonds. The van der Waals surface area contributed by atoms with Gasteiger partial charge in [0, 0.05) is 17.1 Å². The minimum atomic E-state index is -0.447. The monoisotopic (exact) mass is 253 g/mol. The molecule has 0 saturated heterocycles. The molecule has 2 aromatic rings. The zero-order chi connectivity index (χ0) is 12.3. The van der Waals surface area contributed by atoms with Crippen LogP contribution in [-0.2, 0) is 6.54 Å². The Morgan fingerprint density at radius 3 is 2.82 bits per heavy atom. The van der Waals surface area contributed by atoms with Gasteiger partial charge in [0.1, 0.15) is 5.82 Å². The van der Waals surface area contributed by atoms with E-state index in [4.69, 9.17) is 16.0 Å². The molecule has 3 nitrogen and oxygen atoms in total. The van der Waals surface area contributed by atoms with Gasteiger partial charge in [-0.05, 0) is 24.3 Å². The molecule has 0 aliphatic rings. The molecule has 1 heterocycles. The molecule has 5 heteroatoms. The Kier molecular flexibility index (Phi) is 3.44. The summed E-state index contributed by atoms with van der Waals surface area (Å²) in [7, 11) is 0. The van der Waals surface area contributed by atoms with Gasteiger partial charge < -0.3 is 9.73 Å². The van der Waals surface area contributed by atoms with Gasteiger partial charge in [-0.25, -0.2) is 4.39 Å². The summed E-state index contributed by atoms with van der Waals surface area (Å²) in [6.07, 6.45) is 1.39. The number of nitrogens with one attached hydrogen (secondary N) is 1. The van der Waals surface area contributed by atoms with Crippen molar-refractivity contribution in [2.45, 2.75) is 6.54 Å². The molecule has 0 bridgehead atoms. The van der Waals surface area contributed by atoms with Crippen molar-refractivity contribution < 1.29 is 13.6 Å². The quantitative estimate of drug-likeness (QED) is 0.914. The summed E-state index contributed by atoms with van der Waals surface area (Å²) in [5, 5.41) is 2.81. The molecule has 0 spiro atoms. The topological polar surface area (TPSA) is 42.2 Å². The fourth-order valence-electron chi connectivity index (χ4n) is 1.36. The lowest BCUT2D eigenvalue weighted by Crippen LogP contribution is -2.23. The van der Waals surface area contributed by atoms with Crippen LogP contribution >= 0.6 is 11.6 Å². The second-order valence-corrected chi connectivity index (χ2v) is 3.77. The van der Waals surface area contributed by atoms with Gasteiger partial charge >= 0.3 is 0 Å². The van der Waals surface area contributed by atoms with E-state index in [1.165, 1.54) is 24.5 Å². The van der Waals surface area contributed by atoms with Crippen molar-refractivity contribution in [1.29, 1.82) is 0 Å². The highest BCUT2D eigenvalue weighted by Crippen LogP contribution is 2.18. The molecule has 0 saturated carbocycles. The molecule has 0 radical (unpaired) electrons. The van der Waals surface area contributed by atoms with Gasteiger partial charge in [-0.15, -0.1) is 0 Å². The first-order valence-corrected chi connectivity index (χ1v) is 5.31. The molecule has 1 aromatic carbocycles. The lowest BCUT2D eigenvalue weighted by molar-refractivity contribution is 0.0923. The summed E-state index contributed by atoms with van der Waals surface area (Å²) in [6, 6.07) is 7.50. The van der Waals surface area contributed by atoms with Crippen molar-refractivity contribution in [2.75, 3.05) is 0 Å². The second kappa shape index (κ2) is 5.01. The van der Waals surface area contributed by atoms with Gasteiger partial charge in [0.2, 0.25) is 0 Å². The summed E-state index contributed by atoms with van der Waals surface area (Å²) in [5.74, 6) is -0.677. The number of benzene rings is 1. The normalized spacial score (nSPS) is 10.2. The van der Waals surface area contributed by atoms with E-state index < -0.39 is 11.7 Å². The Balaban J connectivity index is 2.06. The van der Waals surface area contributed by atoms with E-state index in [9.17, 15) is 9.18 Å². The van der Waals surface area contributed by atoms with Crippen LogP contribution in [0.4, 0.5) is 4.39 Å². The third-order valence-corrected chi connectivity index (χ3v) is 2.59. The van der Waals surface area contributed by atoms with Crippen molar-refractivity contribution >= 4 is 17.5 Å². The standard InChI is InChI=1S/C12H9ClFNO2/c13-9-3-1-4-10(14)8(9)7-15-12(16)11-5-2-6-17-11/h1-6H,7H2,(H,15,16). The van der Waals surface area contributed by atoms with Gasteiger partial charge in [0.15, 0.2) is 5.76 Å². The van der Waals surface area contributed by atoms with Crippen LogP contribution in [-0.4, -0.2) is 5.91 Å². The van der Waals surface area contributed by atoms with E-state index in [0.717, 1.165) is 0 Å². The van der Waals surface area contributed by atoms with Crippen LogP contribution in [0, 0.1) is 5.82 Å². The number of rotatable bonds is 3. The molecule has 17 heavy (non-hydrogen) atoms. The summed E-state index contributed by atoms with van der Waals surface area (Å²) in [6.45, 7) is 0.0189. The molecule has 88 valence electrons. The lowest BCUT2D eigenvalue weighted by atomic mass is 10.2. The van der Waals surface area contributed by atoms with Crippen molar-refractivity contribution in [1.82, 2.24) is 5.32 Å². The van der Waals surface area contributed by atoms with E-state index in [2.05, 4.69) is 5.32 Å². The number of furan rings is 1. The van der Waals surface area contributed by atoms with E-state index >= 15 is 0 Å². The highest BCUT2D eigenvalue weighted by molar-refractivity contribution is 6.31. The van der Waals surface area contributed by atoms with Gasteiger partial charge in [0.05, 0.1) is 6.26 Å². The Labute approximate surface area is 102 Å². The van der Waals surface area contributed by atoms with E-state index in [0.29, 0.717) is 0 Å². The molecular formula is C12H9ClFNO2. The SMILES string of the molecule is O=C(NCc1c(F)cccc1Cl)c1ccco1. The van der Waals surface area contributed by atoms with Gasteiger partial charge in [-0.1, -0.05) is 17.7 Å². The van der Waals surface area contributed by atoms with Crippen LogP contribution in [0.5, 0.6) is 0 Å². The maximum absolute atomic E-state index is 13.4. The fraction of sp³-hybridized carbons (Fsp3) is 0.0833. The first-order valence-electron chi connectivity index (χ1n) is 4.93. The number of hydrogen-bond acceptors (Lipinski definition) is 2. The molecule has 0 unspecified atom stereocenters. The Hall–Kier alpha value is -1.81. The van der Waals surface area contributed by atoms with Gasteiger partial charge in [-0.2, -0.15) is 0 Å². The Morgan fingerprint density at radius 1 is 1.35 bits per heavy atom. The van der Waals surface area contributed by atoms with Crippen LogP contribution in [0.2, 0.25) is 5.02 Å². The largest absolute Gasteiger partial charge is 0.459 e. The minimum Gasteiger partial charge on any atom is -0.459 e. The highest BCUT2D eigenvalue weighted by Gasteiger charge is 2.11. The molecule has 0 atom stereocenters. The fourth-order valence-corrected chi connectivity index (χ4v) is 1.59. The Bertz CT molecular complexity index is 505. The van der Waals surface area contributed by atoms with E-state index in [1.807, 2.05) is 0 Å². The average Bonchev–Trinajstić information content (AvgIpc) is 2.81. The maximum atomic E-state index is 13.4. The van der Waals surface area contributed by atoms with Crippen LogP contribution < -0.4 is 5.32 Å². The summed E-state index contributed by atoms with van der Waals surface area (Å²) in [4.78, 5) is 11.5. The summed E-state index contributed by atoms with van der Waals surface area (Å²) >= 11 is 5.82. The number of hydrogen-bond donors (Lipinski definition) is 1. The molecule has 0 aliphatic carbocycles. The van der Waals surface area contributed by atoms with Crippen molar-refractivity contribution in [3.63, 3.8) is 0 Å². The van der Waals surface area contributed by atoms with E-state index in [1.54, 1.807) is 12.1 Å². The molecule has 1 N–H and O–H groups in total. The third-order valence-electron chi connectivity index (χ3n) is 2.23. The van der Waals surface area contributed by atoms with Crippen molar-refractivity contribution in [3.05, 3.63) is 58.8 Å². The number of carbonyl (C=O) groups is 1. The van der Waals surface area contributed by atoms with E-state index in [-0.39, 0.29) is 22.9 Å². The predicted octanol–water partition coefficient (Wildman–Crippen LogP) is 3.00. The van der Waals surface area contributed by atoms with Crippen LogP contribution in [0.25, 0.3) is 0 Å². The van der Waals surface area contributed by atoms with Crippen LogP contribution in [0.3, 0.4) is 0 Å². The maximum Gasteiger partial charge on any atom is 0.287 e. The second-order valence-electron chi connectivity index (χ2n) is 3.36. The Morgan fingerprint density at radius 2 is 2.18 bits per heavy atom. The van der Waals surface area contributed by atoms with Crippen molar-refractivity contribution in [2.24, 2.45) is 0 Å².